The summed E-state index contributed by atoms with van der Waals surface area (Å²) >= 11 is 0. The van der Waals surface area contributed by atoms with Gasteiger partial charge in [-0.05, 0) is 50.4 Å². The molecule has 5 nitrogen and oxygen atoms in total. The lowest BCUT2D eigenvalue weighted by atomic mass is 9.85. The Labute approximate surface area is 131 Å². The van der Waals surface area contributed by atoms with Gasteiger partial charge in [0.2, 0.25) is 0 Å². The summed E-state index contributed by atoms with van der Waals surface area (Å²) in [7, 11) is 0. The largest absolute Gasteiger partial charge is 0.487 e. The minimum atomic E-state index is -0.551. The monoisotopic (exact) mass is 301 g/mol. The third-order valence-corrected chi connectivity index (χ3v) is 4.41. The van der Waals surface area contributed by atoms with Crippen LogP contribution in [0.25, 0.3) is 0 Å². The molecule has 1 aromatic rings. The number of hydrogen-bond acceptors (Lipinski definition) is 5. The van der Waals surface area contributed by atoms with E-state index in [1.54, 1.807) is 13.0 Å². The van der Waals surface area contributed by atoms with Gasteiger partial charge in [0.25, 0.3) is 0 Å². The van der Waals surface area contributed by atoms with Crippen LogP contribution in [0.3, 0.4) is 0 Å². The van der Waals surface area contributed by atoms with E-state index in [4.69, 9.17) is 4.74 Å². The molecular weight excluding hydrogens is 278 g/mol. The van der Waals surface area contributed by atoms with E-state index in [2.05, 4.69) is 16.3 Å². The minimum Gasteiger partial charge on any atom is -0.487 e. The van der Waals surface area contributed by atoms with E-state index in [1.165, 1.54) is 6.42 Å². The molecule has 2 saturated heterocycles. The highest BCUT2D eigenvalue weighted by Crippen LogP contribution is 2.36. The van der Waals surface area contributed by atoms with Crippen LogP contribution in [0.2, 0.25) is 0 Å². The van der Waals surface area contributed by atoms with E-state index in [0.29, 0.717) is 23.1 Å². The number of nitriles is 1. The zero-order valence-electron chi connectivity index (χ0n) is 13.0. The molecule has 2 fully saturated rings. The first kappa shape index (κ1) is 15.1. The van der Waals surface area contributed by atoms with Crippen LogP contribution < -0.4 is 15.0 Å². The molecule has 0 aromatic heterocycles. The molecule has 118 valence electrons. The van der Waals surface area contributed by atoms with Crippen molar-refractivity contribution in [2.45, 2.75) is 19.4 Å². The maximum absolute atomic E-state index is 9.48. The van der Waals surface area contributed by atoms with Crippen molar-refractivity contribution in [1.29, 1.82) is 5.26 Å². The molecule has 0 radical (unpaired) electrons. The molecule has 2 bridgehead atoms. The Kier molecular flexibility index (Phi) is 4.51. The Balaban J connectivity index is 1.87. The number of aliphatic hydroxyl groups is 1. The van der Waals surface area contributed by atoms with Gasteiger partial charge in [-0.15, -0.1) is 0 Å². The van der Waals surface area contributed by atoms with Crippen molar-refractivity contribution in [1.82, 2.24) is 5.32 Å². The first-order valence-corrected chi connectivity index (χ1v) is 7.97. The topological polar surface area (TPSA) is 68.5 Å². The third-order valence-electron chi connectivity index (χ3n) is 4.41. The fraction of sp³-hybridized carbons (Fsp3) is 0.588. The molecule has 1 aromatic carbocycles. The predicted molar refractivity (Wildman–Crippen MR) is 85.0 cm³/mol. The molecule has 2 N–H and O–H groups in total. The van der Waals surface area contributed by atoms with Crippen LogP contribution in [0.4, 0.5) is 5.69 Å². The highest BCUT2D eigenvalue weighted by atomic mass is 16.5. The Bertz CT molecular complexity index is 556. The quantitative estimate of drug-likeness (QED) is 0.879. The average Bonchev–Trinajstić information content (AvgIpc) is 2.52. The normalized spacial score (nSPS) is 25.4. The number of fused-ring (bicyclic) bond motifs is 2. The predicted octanol–water partition coefficient (Wildman–Crippen LogP) is 1.36. The summed E-state index contributed by atoms with van der Waals surface area (Å²) < 4.78 is 5.77. The van der Waals surface area contributed by atoms with Gasteiger partial charge in [-0.25, -0.2) is 0 Å². The van der Waals surface area contributed by atoms with Crippen LogP contribution in [0, 0.1) is 23.2 Å². The van der Waals surface area contributed by atoms with E-state index in [1.807, 2.05) is 12.1 Å². The standard InChI is InChI=1S/C17H23N3O2/c1-12(21)11-22-17-15(6-18)3-2-4-16(17)20-9-13-5-14(10-20)8-19-7-13/h2-4,12-14,19,21H,5,7-11H2,1H3. The summed E-state index contributed by atoms with van der Waals surface area (Å²) in [6.07, 6.45) is 0.732. The van der Waals surface area contributed by atoms with Crippen LogP contribution in [-0.4, -0.2) is 44.0 Å². The molecule has 2 aliphatic heterocycles. The Morgan fingerprint density at radius 3 is 2.77 bits per heavy atom. The van der Waals surface area contributed by atoms with Crippen LogP contribution in [0.15, 0.2) is 18.2 Å². The van der Waals surface area contributed by atoms with E-state index >= 15 is 0 Å². The zero-order chi connectivity index (χ0) is 15.5. The number of rotatable bonds is 4. The van der Waals surface area contributed by atoms with E-state index < -0.39 is 6.10 Å². The molecule has 3 unspecified atom stereocenters. The summed E-state index contributed by atoms with van der Waals surface area (Å²) in [6, 6.07) is 7.90. The summed E-state index contributed by atoms with van der Waals surface area (Å²) in [5.41, 5.74) is 1.52. The average molecular weight is 301 g/mol. The van der Waals surface area contributed by atoms with Gasteiger partial charge in [-0.3, -0.25) is 0 Å². The van der Waals surface area contributed by atoms with Crippen molar-refractivity contribution in [3.63, 3.8) is 0 Å². The first-order chi connectivity index (χ1) is 10.7. The third kappa shape index (κ3) is 3.18. The highest BCUT2D eigenvalue weighted by molar-refractivity contribution is 5.65. The van der Waals surface area contributed by atoms with E-state index in [-0.39, 0.29) is 6.61 Å². The molecule has 3 rings (SSSR count). The second-order valence-electron chi connectivity index (χ2n) is 6.46. The first-order valence-electron chi connectivity index (χ1n) is 7.97. The van der Waals surface area contributed by atoms with Crippen molar-refractivity contribution < 1.29 is 9.84 Å². The Hall–Kier alpha value is -1.77. The van der Waals surface area contributed by atoms with Gasteiger partial charge >= 0.3 is 0 Å². The smallest absolute Gasteiger partial charge is 0.160 e. The Morgan fingerprint density at radius 1 is 1.41 bits per heavy atom. The summed E-state index contributed by atoms with van der Waals surface area (Å²) in [6.45, 7) is 6.00. The number of benzene rings is 1. The van der Waals surface area contributed by atoms with Crippen LogP contribution in [0.5, 0.6) is 5.75 Å². The van der Waals surface area contributed by atoms with Crippen LogP contribution >= 0.6 is 0 Å². The van der Waals surface area contributed by atoms with Crippen molar-refractivity contribution in [3.8, 4) is 11.8 Å². The molecule has 0 amide bonds. The molecule has 2 aliphatic rings. The summed E-state index contributed by atoms with van der Waals surface area (Å²) in [4.78, 5) is 2.35. The number of nitrogens with zero attached hydrogens (tertiary/aromatic N) is 2. The number of piperidine rings is 2. The SMILES string of the molecule is CC(O)COc1c(C#N)cccc1N1CC2CNCC(C2)C1. The number of ether oxygens (including phenoxy) is 1. The fourth-order valence-corrected chi connectivity index (χ4v) is 3.52. The molecule has 3 atom stereocenters. The minimum absolute atomic E-state index is 0.202. The lowest BCUT2D eigenvalue weighted by Gasteiger charge is -2.43. The van der Waals surface area contributed by atoms with Gasteiger partial charge in [-0.1, -0.05) is 6.07 Å². The fourth-order valence-electron chi connectivity index (χ4n) is 3.52. The van der Waals surface area contributed by atoms with Crippen LogP contribution in [-0.2, 0) is 0 Å². The molecule has 22 heavy (non-hydrogen) atoms. The molecule has 0 aliphatic carbocycles. The van der Waals surface area contributed by atoms with Gasteiger partial charge in [0.15, 0.2) is 5.75 Å². The molecular formula is C17H23N3O2. The van der Waals surface area contributed by atoms with Gasteiger partial charge in [-0.2, -0.15) is 5.26 Å². The second kappa shape index (κ2) is 6.55. The van der Waals surface area contributed by atoms with Crippen molar-refractivity contribution in [2.24, 2.45) is 11.8 Å². The van der Waals surface area contributed by atoms with Crippen molar-refractivity contribution >= 4 is 5.69 Å². The lowest BCUT2D eigenvalue weighted by molar-refractivity contribution is 0.122. The summed E-state index contributed by atoms with van der Waals surface area (Å²) in [5, 5.41) is 22.3. The molecule has 0 spiro atoms. The Morgan fingerprint density at radius 2 is 2.14 bits per heavy atom. The number of anilines is 1. The second-order valence-corrected chi connectivity index (χ2v) is 6.46. The van der Waals surface area contributed by atoms with Crippen molar-refractivity contribution in [2.75, 3.05) is 37.7 Å². The number of nitrogens with one attached hydrogen (secondary N) is 1. The summed E-state index contributed by atoms with van der Waals surface area (Å²) in [5.74, 6) is 1.92. The van der Waals surface area contributed by atoms with Gasteiger partial charge in [0, 0.05) is 13.1 Å². The number of para-hydroxylation sites is 1. The van der Waals surface area contributed by atoms with E-state index in [0.717, 1.165) is 31.9 Å². The van der Waals surface area contributed by atoms with E-state index in [9.17, 15) is 10.4 Å². The maximum Gasteiger partial charge on any atom is 0.160 e. The molecule has 2 heterocycles. The van der Waals surface area contributed by atoms with Gasteiger partial charge < -0.3 is 20.1 Å². The van der Waals surface area contributed by atoms with Crippen molar-refractivity contribution in [3.05, 3.63) is 23.8 Å². The number of hydrogen-bond donors (Lipinski definition) is 2. The van der Waals surface area contributed by atoms with Gasteiger partial charge in [0.1, 0.15) is 12.7 Å². The molecule has 5 heteroatoms. The highest BCUT2D eigenvalue weighted by Gasteiger charge is 2.32. The van der Waals surface area contributed by atoms with Gasteiger partial charge in [0.05, 0.1) is 17.4 Å². The zero-order valence-corrected chi connectivity index (χ0v) is 13.0. The van der Waals surface area contributed by atoms with Crippen LogP contribution in [0.1, 0.15) is 18.9 Å². The maximum atomic E-state index is 9.48. The lowest BCUT2D eigenvalue weighted by Crippen LogP contribution is -2.51. The molecule has 0 saturated carbocycles. The number of aliphatic hydroxyl groups excluding tert-OH is 1.